The normalized spacial score (nSPS) is 10.4. The summed E-state index contributed by atoms with van der Waals surface area (Å²) in [5.74, 6) is -2.25. The molecule has 27 heavy (non-hydrogen) atoms. The monoisotopic (exact) mass is 400 g/mol. The molecule has 0 heterocycles. The Morgan fingerprint density at radius 3 is 2.59 bits per heavy atom. The Kier molecular flexibility index (Phi) is 6.61. The number of hydrogen-bond donors (Lipinski definition) is 1. The van der Waals surface area contributed by atoms with Crippen LogP contribution in [0.5, 0.6) is 5.75 Å². The molecule has 0 aliphatic rings. The van der Waals surface area contributed by atoms with Gasteiger partial charge in [0.15, 0.2) is 6.61 Å². The van der Waals surface area contributed by atoms with Gasteiger partial charge in [0.05, 0.1) is 10.6 Å². The molecular formula is C16H11ClF2N2O6. The number of nitrogens with one attached hydrogen (secondary N) is 1. The molecule has 0 spiro atoms. The number of nitrogens with zero attached hydrogens (tertiary/aromatic N) is 1. The van der Waals surface area contributed by atoms with Crippen molar-refractivity contribution in [2.75, 3.05) is 11.9 Å². The van der Waals surface area contributed by atoms with Crippen LogP contribution in [0.25, 0.3) is 0 Å². The highest BCUT2D eigenvalue weighted by Gasteiger charge is 2.22. The largest absolute Gasteiger partial charge is 0.452 e. The highest BCUT2D eigenvalue weighted by atomic mass is 35.5. The van der Waals surface area contributed by atoms with Crippen LogP contribution < -0.4 is 10.1 Å². The van der Waals surface area contributed by atoms with E-state index in [0.29, 0.717) is 0 Å². The number of halogens is 3. The van der Waals surface area contributed by atoms with Crippen LogP contribution in [0.1, 0.15) is 10.4 Å². The summed E-state index contributed by atoms with van der Waals surface area (Å²) in [6.45, 7) is -3.90. The van der Waals surface area contributed by atoms with Crippen LogP contribution in [0.4, 0.5) is 20.2 Å². The van der Waals surface area contributed by atoms with Gasteiger partial charge in [0.25, 0.3) is 11.6 Å². The van der Waals surface area contributed by atoms with Crippen molar-refractivity contribution in [3.8, 4) is 5.75 Å². The summed E-state index contributed by atoms with van der Waals surface area (Å²) >= 11 is 5.65. The van der Waals surface area contributed by atoms with Gasteiger partial charge in [-0.15, -0.1) is 0 Å². The maximum absolute atomic E-state index is 12.3. The number of esters is 1. The maximum atomic E-state index is 12.3. The van der Waals surface area contributed by atoms with Crippen LogP contribution in [-0.4, -0.2) is 30.0 Å². The molecule has 2 aromatic rings. The van der Waals surface area contributed by atoms with Crippen LogP contribution >= 0.6 is 11.6 Å². The molecule has 2 rings (SSSR count). The van der Waals surface area contributed by atoms with Crippen molar-refractivity contribution >= 4 is 34.9 Å². The Bertz CT molecular complexity index is 878. The minimum atomic E-state index is -3.09. The summed E-state index contributed by atoms with van der Waals surface area (Å²) < 4.78 is 33.7. The zero-order valence-corrected chi connectivity index (χ0v) is 14.1. The second-order valence-corrected chi connectivity index (χ2v) is 5.35. The molecule has 142 valence electrons. The highest BCUT2D eigenvalue weighted by Crippen LogP contribution is 2.26. The number of alkyl halides is 2. The van der Waals surface area contributed by atoms with Crippen LogP contribution in [0, 0.1) is 10.1 Å². The van der Waals surface area contributed by atoms with Crippen molar-refractivity contribution in [3.63, 3.8) is 0 Å². The average molecular weight is 401 g/mol. The first kappa shape index (κ1) is 20.0. The van der Waals surface area contributed by atoms with E-state index in [-0.39, 0.29) is 16.5 Å². The molecule has 1 amide bonds. The zero-order valence-electron chi connectivity index (χ0n) is 13.4. The first-order valence-electron chi connectivity index (χ1n) is 7.22. The predicted octanol–water partition coefficient (Wildman–Crippen LogP) is 3.65. The fraction of sp³-hybridized carbons (Fsp3) is 0.125. The molecule has 0 fully saturated rings. The number of benzene rings is 2. The number of carbonyl (C=O) groups is 2. The van der Waals surface area contributed by atoms with Crippen LogP contribution in [-0.2, 0) is 9.53 Å². The average Bonchev–Trinajstić information content (AvgIpc) is 2.60. The van der Waals surface area contributed by atoms with Gasteiger partial charge in [0, 0.05) is 11.1 Å². The first-order valence-corrected chi connectivity index (χ1v) is 7.60. The van der Waals surface area contributed by atoms with Gasteiger partial charge in [-0.1, -0.05) is 23.7 Å². The lowest BCUT2D eigenvalue weighted by atomic mass is 10.2. The molecule has 11 heteroatoms. The molecule has 0 unspecified atom stereocenters. The standard InChI is InChI=1S/C16H11ClF2N2O6/c17-9-5-6-10(12(7-9)21(24)25)15(23)26-8-14(22)20-11-3-1-2-4-13(11)27-16(18)19/h1-7,16H,8H2,(H,20,22). The van der Waals surface area contributed by atoms with Crippen LogP contribution in [0.2, 0.25) is 5.02 Å². The molecule has 0 bridgehead atoms. The van der Waals surface area contributed by atoms with Gasteiger partial charge in [0.2, 0.25) is 0 Å². The van der Waals surface area contributed by atoms with E-state index in [2.05, 4.69) is 10.1 Å². The summed E-state index contributed by atoms with van der Waals surface area (Å²) in [6.07, 6.45) is 0. The molecule has 0 saturated heterocycles. The number of nitro groups is 1. The fourth-order valence-corrected chi connectivity index (χ4v) is 2.16. The zero-order chi connectivity index (χ0) is 20.0. The summed E-state index contributed by atoms with van der Waals surface area (Å²) in [5.41, 5.74) is -1.03. The lowest BCUT2D eigenvalue weighted by molar-refractivity contribution is -0.385. The Balaban J connectivity index is 2.03. The minimum absolute atomic E-state index is 0.0478. The van der Waals surface area contributed by atoms with Crippen molar-refractivity contribution in [1.29, 1.82) is 0 Å². The van der Waals surface area contributed by atoms with E-state index in [9.17, 15) is 28.5 Å². The van der Waals surface area contributed by atoms with E-state index in [0.717, 1.165) is 12.1 Å². The smallest absolute Gasteiger partial charge is 0.387 e. The third-order valence-electron chi connectivity index (χ3n) is 3.09. The first-order chi connectivity index (χ1) is 12.8. The number of ether oxygens (including phenoxy) is 2. The Labute approximate surface area is 155 Å². The lowest BCUT2D eigenvalue weighted by Crippen LogP contribution is -2.22. The van der Waals surface area contributed by atoms with E-state index >= 15 is 0 Å². The van der Waals surface area contributed by atoms with Gasteiger partial charge in [-0.25, -0.2) is 4.79 Å². The van der Waals surface area contributed by atoms with Crippen molar-refractivity contribution in [2.45, 2.75) is 6.61 Å². The number of carbonyl (C=O) groups excluding carboxylic acids is 2. The van der Waals surface area contributed by atoms with Gasteiger partial charge < -0.3 is 14.8 Å². The molecule has 1 N–H and O–H groups in total. The van der Waals surface area contributed by atoms with Crippen molar-refractivity contribution in [3.05, 3.63) is 63.2 Å². The number of amides is 1. The topological polar surface area (TPSA) is 108 Å². The molecule has 0 saturated carbocycles. The van der Waals surface area contributed by atoms with E-state index in [1.54, 1.807) is 0 Å². The molecular weight excluding hydrogens is 390 g/mol. The van der Waals surface area contributed by atoms with Crippen molar-refractivity contribution < 1.29 is 32.8 Å². The van der Waals surface area contributed by atoms with E-state index in [1.807, 2.05) is 0 Å². The third-order valence-corrected chi connectivity index (χ3v) is 3.32. The summed E-state index contributed by atoms with van der Waals surface area (Å²) in [4.78, 5) is 34.0. The Morgan fingerprint density at radius 2 is 1.93 bits per heavy atom. The molecule has 0 radical (unpaired) electrons. The number of nitro benzene ring substituents is 1. The molecule has 0 atom stereocenters. The lowest BCUT2D eigenvalue weighted by Gasteiger charge is -2.11. The molecule has 2 aromatic carbocycles. The SMILES string of the molecule is O=C(COC(=O)c1ccc(Cl)cc1[N+](=O)[O-])Nc1ccccc1OC(F)F. The van der Waals surface area contributed by atoms with Crippen molar-refractivity contribution in [2.24, 2.45) is 0 Å². The summed E-state index contributed by atoms with van der Waals surface area (Å²) in [5, 5.41) is 13.3. The molecule has 0 aromatic heterocycles. The molecule has 0 aliphatic heterocycles. The van der Waals surface area contributed by atoms with E-state index < -0.39 is 41.3 Å². The predicted molar refractivity (Wildman–Crippen MR) is 90.1 cm³/mol. The van der Waals surface area contributed by atoms with Crippen LogP contribution in [0.15, 0.2) is 42.5 Å². The number of para-hydroxylation sites is 2. The van der Waals surface area contributed by atoms with Gasteiger partial charge in [-0.2, -0.15) is 8.78 Å². The van der Waals surface area contributed by atoms with Gasteiger partial charge >= 0.3 is 12.6 Å². The highest BCUT2D eigenvalue weighted by molar-refractivity contribution is 6.31. The van der Waals surface area contributed by atoms with E-state index in [1.165, 1.54) is 30.3 Å². The van der Waals surface area contributed by atoms with Gasteiger partial charge in [-0.3, -0.25) is 14.9 Å². The van der Waals surface area contributed by atoms with E-state index in [4.69, 9.17) is 16.3 Å². The molecule has 0 aliphatic carbocycles. The number of anilines is 1. The summed E-state index contributed by atoms with van der Waals surface area (Å²) in [6, 6.07) is 8.72. The van der Waals surface area contributed by atoms with Gasteiger partial charge in [-0.05, 0) is 24.3 Å². The van der Waals surface area contributed by atoms with Gasteiger partial charge in [0.1, 0.15) is 11.3 Å². The minimum Gasteiger partial charge on any atom is -0.452 e. The fourth-order valence-electron chi connectivity index (χ4n) is 1.99. The molecule has 8 nitrogen and oxygen atoms in total. The quantitative estimate of drug-likeness (QED) is 0.432. The third kappa shape index (κ3) is 5.61. The maximum Gasteiger partial charge on any atom is 0.387 e. The number of rotatable bonds is 7. The number of hydrogen-bond acceptors (Lipinski definition) is 6. The van der Waals surface area contributed by atoms with Crippen molar-refractivity contribution in [1.82, 2.24) is 0 Å². The second-order valence-electron chi connectivity index (χ2n) is 4.92. The summed E-state index contributed by atoms with van der Waals surface area (Å²) in [7, 11) is 0. The second kappa shape index (κ2) is 8.90. The van der Waals surface area contributed by atoms with Crippen LogP contribution in [0.3, 0.4) is 0 Å². The Hall–Kier alpha value is -3.27. The Morgan fingerprint density at radius 1 is 1.22 bits per heavy atom.